The Morgan fingerprint density at radius 2 is 2.14 bits per heavy atom. The molecule has 2 aromatic heterocycles. The van der Waals surface area contributed by atoms with Gasteiger partial charge in [-0.2, -0.15) is 4.39 Å². The molecule has 0 bridgehead atoms. The van der Waals surface area contributed by atoms with Gasteiger partial charge in [-0.05, 0) is 32.9 Å². The Hall–Kier alpha value is -2.37. The highest BCUT2D eigenvalue weighted by molar-refractivity contribution is 7.14. The van der Waals surface area contributed by atoms with E-state index in [2.05, 4.69) is 10.3 Å². The Morgan fingerprint density at radius 1 is 1.38 bits per heavy atom. The maximum absolute atomic E-state index is 13.1. The average molecular weight is 441 g/mol. The number of nitrogens with zero attached hydrogens (tertiary/aromatic N) is 3. The van der Waals surface area contributed by atoms with Gasteiger partial charge in [0.1, 0.15) is 0 Å². The molecule has 0 aliphatic carbocycles. The van der Waals surface area contributed by atoms with E-state index >= 15 is 0 Å². The van der Waals surface area contributed by atoms with E-state index in [-0.39, 0.29) is 36.1 Å². The SMILES string of the molecule is Cc1sc(C2CCCN2C(=O)CN(C)CC(=O)O)cc1C(=O)Nc1ncc(F)s1. The van der Waals surface area contributed by atoms with E-state index in [1.807, 2.05) is 6.92 Å². The highest BCUT2D eigenvalue weighted by Gasteiger charge is 2.32. The zero-order valence-corrected chi connectivity index (χ0v) is 17.6. The van der Waals surface area contributed by atoms with Crippen LogP contribution < -0.4 is 5.32 Å². The summed E-state index contributed by atoms with van der Waals surface area (Å²) in [4.78, 5) is 44.7. The summed E-state index contributed by atoms with van der Waals surface area (Å²) >= 11 is 2.21. The first-order chi connectivity index (χ1) is 13.7. The van der Waals surface area contributed by atoms with Crippen LogP contribution in [0.3, 0.4) is 0 Å². The zero-order valence-electron chi connectivity index (χ0n) is 16.0. The first kappa shape index (κ1) is 21.3. The molecule has 0 saturated carbocycles. The molecule has 1 fully saturated rings. The Morgan fingerprint density at radius 3 is 2.79 bits per heavy atom. The molecule has 1 aliphatic rings. The molecule has 3 rings (SSSR count). The molecule has 11 heteroatoms. The largest absolute Gasteiger partial charge is 0.480 e. The van der Waals surface area contributed by atoms with Crippen LogP contribution in [0.4, 0.5) is 9.52 Å². The second-order valence-electron chi connectivity index (χ2n) is 6.85. The number of thiazole rings is 1. The number of amides is 2. The minimum Gasteiger partial charge on any atom is -0.480 e. The summed E-state index contributed by atoms with van der Waals surface area (Å²) in [5.41, 5.74) is 0.475. The van der Waals surface area contributed by atoms with Crippen molar-refractivity contribution in [3.05, 3.63) is 32.7 Å². The lowest BCUT2D eigenvalue weighted by Crippen LogP contribution is -2.40. The van der Waals surface area contributed by atoms with Crippen LogP contribution in [0.2, 0.25) is 0 Å². The quantitative estimate of drug-likeness (QED) is 0.686. The maximum atomic E-state index is 13.1. The number of likely N-dealkylation sites (tertiary alicyclic amines) is 1. The molecule has 29 heavy (non-hydrogen) atoms. The van der Waals surface area contributed by atoms with Gasteiger partial charge in [-0.25, -0.2) is 4.98 Å². The maximum Gasteiger partial charge on any atom is 0.317 e. The van der Waals surface area contributed by atoms with Crippen LogP contribution in [-0.2, 0) is 9.59 Å². The van der Waals surface area contributed by atoms with E-state index in [9.17, 15) is 18.8 Å². The number of aryl methyl sites for hydroxylation is 1. The number of carbonyl (C=O) groups is 3. The molecule has 2 N–H and O–H groups in total. The first-order valence-electron chi connectivity index (χ1n) is 8.97. The lowest BCUT2D eigenvalue weighted by atomic mass is 10.1. The number of aromatic nitrogens is 1. The van der Waals surface area contributed by atoms with Crippen LogP contribution in [0.5, 0.6) is 0 Å². The van der Waals surface area contributed by atoms with E-state index in [0.29, 0.717) is 12.1 Å². The first-order valence-corrected chi connectivity index (χ1v) is 10.6. The van der Waals surface area contributed by atoms with Crippen LogP contribution in [0.25, 0.3) is 0 Å². The molecule has 0 radical (unpaired) electrons. The van der Waals surface area contributed by atoms with Gasteiger partial charge in [0.15, 0.2) is 10.3 Å². The molecular weight excluding hydrogens is 419 g/mol. The number of carboxylic acid groups (broad SMARTS) is 1. The van der Waals surface area contributed by atoms with Crippen LogP contribution in [0.15, 0.2) is 12.3 Å². The third-order valence-electron chi connectivity index (χ3n) is 4.59. The number of thiophene rings is 1. The molecule has 2 amide bonds. The highest BCUT2D eigenvalue weighted by atomic mass is 32.1. The van der Waals surface area contributed by atoms with Gasteiger partial charge in [0.2, 0.25) is 5.91 Å². The summed E-state index contributed by atoms with van der Waals surface area (Å²) in [5, 5.41) is 11.2. The second kappa shape index (κ2) is 8.97. The molecule has 8 nitrogen and oxygen atoms in total. The lowest BCUT2D eigenvalue weighted by Gasteiger charge is -2.26. The Labute approximate surface area is 175 Å². The minimum atomic E-state index is -0.983. The summed E-state index contributed by atoms with van der Waals surface area (Å²) in [7, 11) is 1.59. The van der Waals surface area contributed by atoms with Gasteiger partial charge in [-0.3, -0.25) is 24.6 Å². The van der Waals surface area contributed by atoms with Crippen molar-refractivity contribution in [1.82, 2.24) is 14.8 Å². The van der Waals surface area contributed by atoms with E-state index in [4.69, 9.17) is 5.11 Å². The number of hydrogen-bond acceptors (Lipinski definition) is 7. The number of carbonyl (C=O) groups excluding carboxylic acids is 2. The summed E-state index contributed by atoms with van der Waals surface area (Å²) in [6.07, 6.45) is 2.68. The van der Waals surface area contributed by atoms with Gasteiger partial charge in [0, 0.05) is 16.3 Å². The van der Waals surface area contributed by atoms with E-state index in [1.165, 1.54) is 16.2 Å². The monoisotopic (exact) mass is 440 g/mol. The summed E-state index contributed by atoms with van der Waals surface area (Å²) in [6.45, 7) is 2.24. The zero-order chi connectivity index (χ0) is 21.1. The lowest BCUT2D eigenvalue weighted by molar-refractivity contribution is -0.139. The van der Waals surface area contributed by atoms with Gasteiger partial charge in [-0.1, -0.05) is 11.3 Å². The Bertz CT molecular complexity index is 929. The number of nitrogens with one attached hydrogen (secondary N) is 1. The number of likely N-dealkylation sites (N-methyl/N-ethyl adjacent to an activating group) is 1. The fraction of sp³-hybridized carbons (Fsp3) is 0.444. The number of rotatable bonds is 7. The fourth-order valence-corrected chi connectivity index (χ4v) is 5.05. The number of carboxylic acids is 1. The fourth-order valence-electron chi connectivity index (χ4n) is 3.34. The van der Waals surface area contributed by atoms with Crippen molar-refractivity contribution < 1.29 is 23.9 Å². The van der Waals surface area contributed by atoms with Crippen LogP contribution >= 0.6 is 22.7 Å². The van der Waals surface area contributed by atoms with Crippen LogP contribution in [0.1, 0.15) is 39.0 Å². The summed E-state index contributed by atoms with van der Waals surface area (Å²) in [6, 6.07) is 1.64. The van der Waals surface area contributed by atoms with Crippen molar-refractivity contribution in [1.29, 1.82) is 0 Å². The van der Waals surface area contributed by atoms with Crippen LogP contribution in [0, 0.1) is 12.1 Å². The molecule has 1 atom stereocenters. The predicted octanol–water partition coefficient (Wildman–Crippen LogP) is 2.58. The topological polar surface area (TPSA) is 103 Å². The average Bonchev–Trinajstić information content (AvgIpc) is 3.33. The highest BCUT2D eigenvalue weighted by Crippen LogP contribution is 2.37. The molecule has 1 aliphatic heterocycles. The van der Waals surface area contributed by atoms with Crippen molar-refractivity contribution >= 4 is 45.6 Å². The normalized spacial score (nSPS) is 16.4. The van der Waals surface area contributed by atoms with Gasteiger partial charge in [0.05, 0.1) is 30.9 Å². The smallest absolute Gasteiger partial charge is 0.317 e. The number of anilines is 1. The number of halogens is 1. The molecule has 3 heterocycles. The van der Waals surface area contributed by atoms with Gasteiger partial charge >= 0.3 is 5.97 Å². The molecule has 1 unspecified atom stereocenters. The standard InChI is InChI=1S/C18H21FN4O4S2/c1-10-11(17(27)21-18-20-7-14(19)29-18)6-13(28-10)12-4-3-5-23(12)15(24)8-22(2)9-16(25)26/h6-7,12H,3-5,8-9H2,1-2H3,(H,25,26)(H,20,21,27). The van der Waals surface area contributed by atoms with E-state index in [1.54, 1.807) is 18.0 Å². The predicted molar refractivity (Wildman–Crippen MR) is 108 cm³/mol. The van der Waals surface area contributed by atoms with Crippen molar-refractivity contribution in [2.75, 3.05) is 32.0 Å². The molecule has 2 aromatic rings. The van der Waals surface area contributed by atoms with Crippen molar-refractivity contribution in [3.8, 4) is 0 Å². The van der Waals surface area contributed by atoms with E-state index in [0.717, 1.165) is 40.1 Å². The van der Waals surface area contributed by atoms with Gasteiger partial charge in [0.25, 0.3) is 5.91 Å². The molecule has 0 spiro atoms. The Kier molecular flexibility index (Phi) is 6.60. The van der Waals surface area contributed by atoms with E-state index < -0.39 is 11.1 Å². The minimum absolute atomic E-state index is 0.0239. The van der Waals surface area contributed by atoms with Crippen LogP contribution in [-0.4, -0.2) is 64.4 Å². The Balaban J connectivity index is 1.71. The molecule has 0 aromatic carbocycles. The third-order valence-corrected chi connectivity index (χ3v) is 6.44. The molecule has 156 valence electrons. The number of hydrogen-bond donors (Lipinski definition) is 2. The summed E-state index contributed by atoms with van der Waals surface area (Å²) < 4.78 is 13.1. The molecular formula is C18H21FN4O4S2. The number of aliphatic carboxylic acids is 1. The molecule has 1 saturated heterocycles. The van der Waals surface area contributed by atoms with Crippen molar-refractivity contribution in [2.24, 2.45) is 0 Å². The van der Waals surface area contributed by atoms with Crippen molar-refractivity contribution in [3.63, 3.8) is 0 Å². The van der Waals surface area contributed by atoms with Gasteiger partial charge in [-0.15, -0.1) is 11.3 Å². The third kappa shape index (κ3) is 5.17. The van der Waals surface area contributed by atoms with Crippen molar-refractivity contribution in [2.45, 2.75) is 25.8 Å². The van der Waals surface area contributed by atoms with Gasteiger partial charge < -0.3 is 10.0 Å². The summed E-state index contributed by atoms with van der Waals surface area (Å²) in [5.74, 6) is -1.48. The second-order valence-corrected chi connectivity index (χ2v) is 9.12.